The van der Waals surface area contributed by atoms with Gasteiger partial charge in [-0.2, -0.15) is 0 Å². The van der Waals surface area contributed by atoms with E-state index in [0.717, 1.165) is 12.8 Å². The van der Waals surface area contributed by atoms with Crippen molar-refractivity contribution in [3.8, 4) is 17.2 Å². The minimum Gasteiger partial charge on any atom is -0.493 e. The number of nitrogens with one attached hydrogen (secondary N) is 3. The van der Waals surface area contributed by atoms with Gasteiger partial charge in [-0.05, 0) is 18.8 Å². The number of ether oxygens (including phenoxy) is 3. The van der Waals surface area contributed by atoms with Crippen molar-refractivity contribution in [2.75, 3.05) is 52.5 Å². The van der Waals surface area contributed by atoms with Crippen LogP contribution in [0, 0.1) is 5.92 Å². The molecule has 166 valence electrons. The lowest BCUT2D eigenvalue weighted by molar-refractivity contribution is 0.316. The Morgan fingerprint density at radius 3 is 2.21 bits per heavy atom. The van der Waals surface area contributed by atoms with Gasteiger partial charge in [-0.3, -0.25) is 4.99 Å². The topological polar surface area (TPSA) is 110 Å². The average Bonchev–Trinajstić information content (AvgIpc) is 2.64. The Morgan fingerprint density at radius 1 is 1.14 bits per heavy atom. The fourth-order valence-corrected chi connectivity index (χ4v) is 3.79. The van der Waals surface area contributed by atoms with Gasteiger partial charge in [-0.25, -0.2) is 13.1 Å². The Labute approximate surface area is 190 Å². The molecule has 0 amide bonds. The van der Waals surface area contributed by atoms with Crippen LogP contribution in [0.4, 0.5) is 5.69 Å². The summed E-state index contributed by atoms with van der Waals surface area (Å²) in [7, 11) is 2.91. The molecule has 1 aromatic rings. The molecular weight excluding hydrogens is 511 g/mol. The number of halogens is 1. The van der Waals surface area contributed by atoms with Gasteiger partial charge < -0.3 is 24.8 Å². The number of nitrogens with zero attached hydrogens (tertiary/aromatic N) is 1. The fraction of sp³-hybridized carbons (Fsp3) is 0.611. The maximum atomic E-state index is 12.1. The number of benzene rings is 1. The van der Waals surface area contributed by atoms with Crippen molar-refractivity contribution >= 4 is 45.6 Å². The predicted molar refractivity (Wildman–Crippen MR) is 126 cm³/mol. The second-order valence-corrected chi connectivity index (χ2v) is 8.43. The summed E-state index contributed by atoms with van der Waals surface area (Å²) in [6, 6.07) is 3.48. The SMILES string of the molecule is CN=C(NCCS(=O)(=O)NCC1CCC1)Nc1cc(OC)c(OC)c(OC)c1.I. The highest BCUT2D eigenvalue weighted by molar-refractivity contribution is 14.0. The molecule has 1 aliphatic carbocycles. The highest BCUT2D eigenvalue weighted by Gasteiger charge is 2.20. The molecule has 1 aliphatic rings. The van der Waals surface area contributed by atoms with Crippen molar-refractivity contribution in [1.82, 2.24) is 10.0 Å². The van der Waals surface area contributed by atoms with Gasteiger partial charge in [0, 0.05) is 38.0 Å². The molecule has 3 N–H and O–H groups in total. The Balaban J connectivity index is 0.00000420. The summed E-state index contributed by atoms with van der Waals surface area (Å²) >= 11 is 0. The van der Waals surface area contributed by atoms with Crippen LogP contribution in [0.5, 0.6) is 17.2 Å². The molecule has 0 spiro atoms. The smallest absolute Gasteiger partial charge is 0.213 e. The molecule has 29 heavy (non-hydrogen) atoms. The molecule has 1 saturated carbocycles. The lowest BCUT2D eigenvalue weighted by atomic mass is 9.86. The summed E-state index contributed by atoms with van der Waals surface area (Å²) in [6.45, 7) is 0.755. The molecule has 0 atom stereocenters. The summed E-state index contributed by atoms with van der Waals surface area (Å²) < 4.78 is 42.8. The van der Waals surface area contributed by atoms with Gasteiger partial charge in [0.2, 0.25) is 15.8 Å². The average molecular weight is 542 g/mol. The van der Waals surface area contributed by atoms with Gasteiger partial charge in [-0.1, -0.05) is 6.42 Å². The molecule has 0 heterocycles. The zero-order valence-corrected chi connectivity index (χ0v) is 20.4. The van der Waals surface area contributed by atoms with E-state index in [-0.39, 0.29) is 36.3 Å². The molecule has 1 fully saturated rings. The van der Waals surface area contributed by atoms with E-state index in [0.29, 0.717) is 41.4 Å². The van der Waals surface area contributed by atoms with Gasteiger partial charge in [-0.15, -0.1) is 24.0 Å². The predicted octanol–water partition coefficient (Wildman–Crippen LogP) is 2.04. The number of anilines is 1. The highest BCUT2D eigenvalue weighted by atomic mass is 127. The van der Waals surface area contributed by atoms with Crippen molar-refractivity contribution in [3.63, 3.8) is 0 Å². The third-order valence-corrected chi connectivity index (χ3v) is 5.98. The minimum atomic E-state index is -3.31. The van der Waals surface area contributed by atoms with E-state index in [4.69, 9.17) is 14.2 Å². The second-order valence-electron chi connectivity index (χ2n) is 6.50. The minimum absolute atomic E-state index is 0. The molecule has 2 rings (SSSR count). The van der Waals surface area contributed by atoms with Crippen molar-refractivity contribution in [3.05, 3.63) is 12.1 Å². The summed E-state index contributed by atoms with van der Waals surface area (Å²) in [4.78, 5) is 4.12. The van der Waals surface area contributed by atoms with E-state index in [1.165, 1.54) is 27.8 Å². The maximum Gasteiger partial charge on any atom is 0.213 e. The lowest BCUT2D eigenvalue weighted by Crippen LogP contribution is -2.39. The monoisotopic (exact) mass is 542 g/mol. The Hall–Kier alpha value is -1.47. The first-order chi connectivity index (χ1) is 13.4. The Morgan fingerprint density at radius 2 is 1.76 bits per heavy atom. The molecule has 0 unspecified atom stereocenters. The molecule has 0 bridgehead atoms. The van der Waals surface area contributed by atoms with Crippen molar-refractivity contribution in [2.45, 2.75) is 19.3 Å². The first kappa shape index (κ1) is 25.6. The number of hydrogen-bond acceptors (Lipinski definition) is 6. The molecule has 9 nitrogen and oxygen atoms in total. The zero-order valence-electron chi connectivity index (χ0n) is 17.3. The number of methoxy groups -OCH3 is 3. The third kappa shape index (κ3) is 7.70. The van der Waals surface area contributed by atoms with E-state index in [1.807, 2.05) is 0 Å². The fourth-order valence-electron chi connectivity index (χ4n) is 2.79. The van der Waals surface area contributed by atoms with Gasteiger partial charge in [0.05, 0.1) is 27.1 Å². The summed E-state index contributed by atoms with van der Waals surface area (Å²) in [5, 5.41) is 6.09. The highest BCUT2D eigenvalue weighted by Crippen LogP contribution is 2.39. The van der Waals surface area contributed by atoms with Crippen molar-refractivity contribution in [1.29, 1.82) is 0 Å². The maximum absolute atomic E-state index is 12.1. The number of rotatable bonds is 10. The number of aliphatic imine (C=N–C) groups is 1. The van der Waals surface area contributed by atoms with Crippen LogP contribution in [0.3, 0.4) is 0 Å². The Kier molecular flexibility index (Phi) is 10.8. The van der Waals surface area contributed by atoms with Crippen LogP contribution in [0.25, 0.3) is 0 Å². The quantitative estimate of drug-likeness (QED) is 0.236. The van der Waals surface area contributed by atoms with Crippen LogP contribution in [-0.2, 0) is 10.0 Å². The first-order valence-corrected chi connectivity index (χ1v) is 10.8. The second kappa shape index (κ2) is 12.3. The molecule has 1 aromatic carbocycles. The first-order valence-electron chi connectivity index (χ1n) is 9.17. The standard InChI is InChI=1S/C18H30N4O5S.HI/c1-19-18(20-8-9-28(23,24)21-12-13-6-5-7-13)22-14-10-15(25-2)17(27-4)16(11-14)26-3;/h10-11,13,21H,5-9,12H2,1-4H3,(H2,19,20,22);1H. The van der Waals surface area contributed by atoms with Crippen LogP contribution in [-0.4, -0.2) is 61.6 Å². The van der Waals surface area contributed by atoms with E-state index >= 15 is 0 Å². The van der Waals surface area contributed by atoms with Gasteiger partial charge in [0.1, 0.15) is 0 Å². The Bertz CT molecular complexity index is 759. The normalized spacial score (nSPS) is 14.4. The van der Waals surface area contributed by atoms with Crippen LogP contribution < -0.4 is 29.6 Å². The summed E-state index contributed by atoms with van der Waals surface area (Å²) in [6.07, 6.45) is 3.40. The molecule has 0 saturated heterocycles. The summed E-state index contributed by atoms with van der Waals surface area (Å²) in [5.74, 6) is 2.38. The van der Waals surface area contributed by atoms with Gasteiger partial charge in [0.15, 0.2) is 17.5 Å². The number of hydrogen-bond donors (Lipinski definition) is 3. The van der Waals surface area contributed by atoms with Gasteiger partial charge >= 0.3 is 0 Å². The van der Waals surface area contributed by atoms with Crippen LogP contribution >= 0.6 is 24.0 Å². The third-order valence-electron chi connectivity index (χ3n) is 4.63. The van der Waals surface area contributed by atoms with E-state index < -0.39 is 10.0 Å². The molecule has 0 aromatic heterocycles. The van der Waals surface area contributed by atoms with E-state index in [1.54, 1.807) is 19.2 Å². The number of sulfonamides is 1. The summed E-state index contributed by atoms with van der Waals surface area (Å²) in [5.41, 5.74) is 0.661. The van der Waals surface area contributed by atoms with Gasteiger partial charge in [0.25, 0.3) is 0 Å². The lowest BCUT2D eigenvalue weighted by Gasteiger charge is -2.25. The van der Waals surface area contributed by atoms with Crippen molar-refractivity contribution < 1.29 is 22.6 Å². The molecule has 11 heteroatoms. The molecule has 0 aliphatic heterocycles. The number of guanidine groups is 1. The van der Waals surface area contributed by atoms with Crippen LogP contribution in [0.2, 0.25) is 0 Å². The van der Waals surface area contributed by atoms with E-state index in [9.17, 15) is 8.42 Å². The van der Waals surface area contributed by atoms with Crippen molar-refractivity contribution in [2.24, 2.45) is 10.9 Å². The molecule has 0 radical (unpaired) electrons. The van der Waals surface area contributed by atoms with Crippen LogP contribution in [0.1, 0.15) is 19.3 Å². The zero-order chi connectivity index (χ0) is 20.6. The largest absolute Gasteiger partial charge is 0.493 e. The molecular formula is C18H31IN4O5S. The van der Waals surface area contributed by atoms with Crippen LogP contribution in [0.15, 0.2) is 17.1 Å². The van der Waals surface area contributed by atoms with E-state index in [2.05, 4.69) is 20.3 Å².